The number of aromatic hydroxyl groups is 1. The van der Waals surface area contributed by atoms with Crippen molar-refractivity contribution in [1.82, 2.24) is 14.6 Å². The number of anilines is 2. The monoisotopic (exact) mass is 490 g/mol. The van der Waals surface area contributed by atoms with E-state index in [0.29, 0.717) is 34.6 Å². The lowest BCUT2D eigenvalue weighted by atomic mass is 10.1. The van der Waals surface area contributed by atoms with Crippen molar-refractivity contribution in [2.75, 3.05) is 31.5 Å². The summed E-state index contributed by atoms with van der Waals surface area (Å²) in [5.74, 6) is -1.61. The van der Waals surface area contributed by atoms with E-state index >= 15 is 0 Å². The fourth-order valence-corrected chi connectivity index (χ4v) is 4.99. The van der Waals surface area contributed by atoms with E-state index in [0.717, 1.165) is 17.6 Å². The first kappa shape index (κ1) is 20.7. The second-order valence-electron chi connectivity index (χ2n) is 6.72. The molecule has 10 heteroatoms. The highest BCUT2D eigenvalue weighted by Crippen LogP contribution is 2.36. The zero-order chi connectivity index (χ0) is 21.3. The molecule has 2 heterocycles. The number of nitrogens with zero attached hydrogens (tertiary/aromatic N) is 2. The zero-order valence-electron chi connectivity index (χ0n) is 15.8. The van der Waals surface area contributed by atoms with Gasteiger partial charge in [0.15, 0.2) is 0 Å². The number of benzene rings is 2. The minimum Gasteiger partial charge on any atom is -0.507 e. The zero-order valence-corrected chi connectivity index (χ0v) is 18.2. The first-order chi connectivity index (χ1) is 14.5. The summed E-state index contributed by atoms with van der Waals surface area (Å²) in [6, 6.07) is 9.94. The number of halogens is 1. The van der Waals surface area contributed by atoms with Crippen molar-refractivity contribution >= 4 is 55.2 Å². The van der Waals surface area contributed by atoms with Crippen molar-refractivity contribution < 1.29 is 19.2 Å². The summed E-state index contributed by atoms with van der Waals surface area (Å²) in [7, 11) is -1.50. The van der Waals surface area contributed by atoms with Gasteiger partial charge in [-0.05, 0) is 30.3 Å². The first-order valence-electron chi connectivity index (χ1n) is 9.24. The van der Waals surface area contributed by atoms with Crippen LogP contribution in [0.4, 0.5) is 11.4 Å². The van der Waals surface area contributed by atoms with Gasteiger partial charge >= 0.3 is 5.97 Å². The number of carbonyl (C=O) groups is 1. The molecule has 1 saturated heterocycles. The van der Waals surface area contributed by atoms with Gasteiger partial charge in [0, 0.05) is 42.2 Å². The van der Waals surface area contributed by atoms with E-state index in [2.05, 4.69) is 31.5 Å². The molecule has 4 rings (SSSR count). The number of carboxylic acids is 1. The van der Waals surface area contributed by atoms with Gasteiger partial charge in [-0.15, -0.1) is 0 Å². The van der Waals surface area contributed by atoms with E-state index in [4.69, 9.17) is 0 Å². The Kier molecular flexibility index (Phi) is 6.00. The maximum Gasteiger partial charge on any atom is 0.341 e. The minimum atomic E-state index is -1.50. The number of hydrogen-bond donors (Lipinski definition) is 4. The molecule has 1 aliphatic heterocycles. The van der Waals surface area contributed by atoms with E-state index in [-0.39, 0.29) is 17.0 Å². The highest BCUT2D eigenvalue weighted by atomic mass is 79.9. The molecule has 0 aliphatic carbocycles. The van der Waals surface area contributed by atoms with E-state index in [1.165, 1.54) is 6.07 Å². The second-order valence-corrected chi connectivity index (χ2v) is 9.09. The van der Waals surface area contributed by atoms with Crippen LogP contribution < -0.4 is 10.6 Å². The minimum absolute atomic E-state index is 0.202. The van der Waals surface area contributed by atoms with Crippen LogP contribution in [0.25, 0.3) is 10.9 Å². The van der Waals surface area contributed by atoms with Crippen LogP contribution >= 0.6 is 15.9 Å². The van der Waals surface area contributed by atoms with Crippen molar-refractivity contribution in [3.05, 3.63) is 52.6 Å². The summed E-state index contributed by atoms with van der Waals surface area (Å²) < 4.78 is 16.0. The molecule has 3 aromatic rings. The summed E-state index contributed by atoms with van der Waals surface area (Å²) in [5.41, 5.74) is 1.11. The second kappa shape index (κ2) is 8.68. The van der Waals surface area contributed by atoms with Crippen molar-refractivity contribution in [2.24, 2.45) is 0 Å². The fraction of sp³-hybridized carbons (Fsp3) is 0.200. The third-order valence-corrected chi connectivity index (χ3v) is 6.82. The maximum absolute atomic E-state index is 13.4. The summed E-state index contributed by atoms with van der Waals surface area (Å²) in [4.78, 5) is 16.6. The molecular formula is C20H19BrN4O4S. The highest BCUT2D eigenvalue weighted by molar-refractivity contribution is 9.10. The summed E-state index contributed by atoms with van der Waals surface area (Å²) in [5, 5.41) is 26.7. The molecule has 30 heavy (non-hydrogen) atoms. The molecule has 2 aromatic carbocycles. The Labute approximate surface area is 183 Å². The Morgan fingerprint density at radius 1 is 1.23 bits per heavy atom. The number of aromatic carboxylic acids is 1. The molecule has 4 N–H and O–H groups in total. The summed E-state index contributed by atoms with van der Waals surface area (Å²) in [6.07, 6.45) is 1.56. The number of hydrogen-bond acceptors (Lipinski definition) is 6. The van der Waals surface area contributed by atoms with Gasteiger partial charge in [-0.1, -0.05) is 22.0 Å². The van der Waals surface area contributed by atoms with E-state index in [9.17, 15) is 19.2 Å². The molecule has 156 valence electrons. The van der Waals surface area contributed by atoms with Crippen LogP contribution in [-0.4, -0.2) is 55.9 Å². The lowest BCUT2D eigenvalue weighted by molar-refractivity contribution is 0.0695. The van der Waals surface area contributed by atoms with Gasteiger partial charge in [0.05, 0.1) is 21.8 Å². The van der Waals surface area contributed by atoms with Crippen molar-refractivity contribution in [3.8, 4) is 5.75 Å². The predicted molar refractivity (Wildman–Crippen MR) is 119 cm³/mol. The maximum atomic E-state index is 13.4. The molecule has 1 fully saturated rings. The van der Waals surface area contributed by atoms with Gasteiger partial charge in [-0.3, -0.25) is 4.98 Å². The smallest absolute Gasteiger partial charge is 0.341 e. The average molecular weight is 491 g/mol. The van der Waals surface area contributed by atoms with Crippen LogP contribution in [0.15, 0.2) is 52.0 Å². The standard InChI is InChI=1S/C20H19BrN4O4S/c21-12-4-5-14-13(10-12)19(24-15-2-1-3-16(26)18(15)20(27)28)17(11-23-14)30(29)25-8-6-22-7-9-25/h1-5,10-11,22,26H,6-9H2,(H,23,24)(H,27,28). The molecular weight excluding hydrogens is 472 g/mol. The number of aromatic nitrogens is 1. The number of carboxylic acid groups (broad SMARTS) is 1. The van der Waals surface area contributed by atoms with E-state index < -0.39 is 17.0 Å². The van der Waals surface area contributed by atoms with Gasteiger partial charge < -0.3 is 20.8 Å². The van der Waals surface area contributed by atoms with Crippen molar-refractivity contribution in [3.63, 3.8) is 0 Å². The molecule has 1 atom stereocenters. The Balaban J connectivity index is 1.88. The van der Waals surface area contributed by atoms with Gasteiger partial charge in [0.1, 0.15) is 22.3 Å². The Morgan fingerprint density at radius 2 is 2.00 bits per heavy atom. The Hall–Kier alpha value is -2.53. The number of phenols is 1. The number of piperazine rings is 1. The largest absolute Gasteiger partial charge is 0.507 e. The predicted octanol–water partition coefficient (Wildman–Crippen LogP) is 3.07. The molecule has 1 aliphatic rings. The van der Waals surface area contributed by atoms with Gasteiger partial charge in [-0.25, -0.2) is 13.3 Å². The molecule has 0 amide bonds. The van der Waals surface area contributed by atoms with Crippen LogP contribution in [0, 0.1) is 0 Å². The molecule has 1 unspecified atom stereocenters. The first-order valence-corrected chi connectivity index (χ1v) is 11.1. The quantitative estimate of drug-likeness (QED) is 0.434. The van der Waals surface area contributed by atoms with Gasteiger partial charge in [0.2, 0.25) is 0 Å². The van der Waals surface area contributed by atoms with Crippen LogP contribution in [0.1, 0.15) is 10.4 Å². The fourth-order valence-electron chi connectivity index (χ4n) is 3.36. The average Bonchev–Trinajstić information content (AvgIpc) is 2.74. The molecule has 1 aromatic heterocycles. The molecule has 0 saturated carbocycles. The number of rotatable bonds is 5. The van der Waals surface area contributed by atoms with Crippen LogP contribution in [0.3, 0.4) is 0 Å². The van der Waals surface area contributed by atoms with Crippen LogP contribution in [-0.2, 0) is 11.0 Å². The number of pyridine rings is 1. The third kappa shape index (κ3) is 4.04. The highest BCUT2D eigenvalue weighted by Gasteiger charge is 2.24. The SMILES string of the molecule is O=C(O)c1c(O)cccc1Nc1c(S(=O)N2CCNCC2)cnc2ccc(Br)cc12. The van der Waals surface area contributed by atoms with E-state index in [1.807, 2.05) is 22.5 Å². The van der Waals surface area contributed by atoms with Gasteiger partial charge in [0.25, 0.3) is 0 Å². The molecule has 0 spiro atoms. The third-order valence-electron chi connectivity index (χ3n) is 4.81. The topological polar surface area (TPSA) is 115 Å². The van der Waals surface area contributed by atoms with Gasteiger partial charge in [-0.2, -0.15) is 0 Å². The summed E-state index contributed by atoms with van der Waals surface area (Å²) in [6.45, 7) is 2.71. The van der Waals surface area contributed by atoms with Crippen LogP contribution in [0.2, 0.25) is 0 Å². The van der Waals surface area contributed by atoms with E-state index in [1.54, 1.807) is 18.3 Å². The van der Waals surface area contributed by atoms with Crippen molar-refractivity contribution in [2.45, 2.75) is 4.90 Å². The lowest BCUT2D eigenvalue weighted by Crippen LogP contribution is -2.44. The van der Waals surface area contributed by atoms with Crippen molar-refractivity contribution in [1.29, 1.82) is 0 Å². The molecule has 8 nitrogen and oxygen atoms in total. The number of fused-ring (bicyclic) bond motifs is 1. The van der Waals surface area contributed by atoms with Crippen LogP contribution in [0.5, 0.6) is 5.75 Å². The normalized spacial score (nSPS) is 15.8. The molecule has 0 radical (unpaired) electrons. The molecule has 0 bridgehead atoms. The lowest BCUT2D eigenvalue weighted by Gasteiger charge is -2.27. The Bertz CT molecular complexity index is 1150. The summed E-state index contributed by atoms with van der Waals surface area (Å²) >= 11 is 3.46. The number of nitrogens with one attached hydrogen (secondary N) is 2. The Morgan fingerprint density at radius 3 is 2.73 bits per heavy atom.